The van der Waals surface area contributed by atoms with Gasteiger partial charge in [0.15, 0.2) is 11.5 Å². The number of nitrogen functional groups attached to an aromatic ring is 1. The Hall–Kier alpha value is -3.24. The highest BCUT2D eigenvalue weighted by atomic mass is 16.5. The summed E-state index contributed by atoms with van der Waals surface area (Å²) in [5.41, 5.74) is 9.35. The summed E-state index contributed by atoms with van der Waals surface area (Å²) in [6.45, 7) is 11.9. The van der Waals surface area contributed by atoms with Crippen LogP contribution in [0.5, 0.6) is 0 Å². The van der Waals surface area contributed by atoms with Crippen molar-refractivity contribution in [3.8, 4) is 0 Å². The van der Waals surface area contributed by atoms with Gasteiger partial charge in [0.1, 0.15) is 18.1 Å². The van der Waals surface area contributed by atoms with Crippen molar-refractivity contribution in [2.75, 3.05) is 37.2 Å². The van der Waals surface area contributed by atoms with Gasteiger partial charge in [0.05, 0.1) is 12.4 Å². The maximum atomic E-state index is 12.3. The molecule has 194 valence electrons. The molecule has 10 heteroatoms. The summed E-state index contributed by atoms with van der Waals surface area (Å²) >= 11 is 0. The highest BCUT2D eigenvalue weighted by Crippen LogP contribution is 2.31. The first-order chi connectivity index (χ1) is 17.2. The van der Waals surface area contributed by atoms with Crippen molar-refractivity contribution in [2.45, 2.75) is 64.7 Å². The van der Waals surface area contributed by atoms with Crippen molar-refractivity contribution in [1.82, 2.24) is 29.7 Å². The van der Waals surface area contributed by atoms with E-state index in [-0.39, 0.29) is 23.8 Å². The number of carbonyl (C=O) groups excluding carboxylic acids is 1. The second-order valence-corrected chi connectivity index (χ2v) is 10.3. The fourth-order valence-corrected chi connectivity index (χ4v) is 4.51. The zero-order chi connectivity index (χ0) is 25.7. The smallest absolute Gasteiger partial charge is 0.319 e. The first-order valence-corrected chi connectivity index (χ1v) is 12.7. The first kappa shape index (κ1) is 25.8. The van der Waals surface area contributed by atoms with Crippen molar-refractivity contribution in [2.24, 2.45) is 0 Å². The minimum atomic E-state index is -0.180. The lowest BCUT2D eigenvalue weighted by Crippen LogP contribution is -2.36. The van der Waals surface area contributed by atoms with E-state index in [0.717, 1.165) is 44.6 Å². The minimum absolute atomic E-state index is 0.0910. The molecule has 1 fully saturated rings. The zero-order valence-electron chi connectivity index (χ0n) is 21.7. The molecule has 0 aliphatic carbocycles. The SMILES string of the molecule is CCN(CCCNC(=O)Nc1ccc(C(C)(C)C)cc1)CC1CCC(n2cnc3c(N)ncnc32)O1. The van der Waals surface area contributed by atoms with Crippen LogP contribution in [0.2, 0.25) is 0 Å². The Morgan fingerprint density at radius 3 is 2.69 bits per heavy atom. The van der Waals surface area contributed by atoms with Crippen LogP contribution >= 0.6 is 0 Å². The van der Waals surface area contributed by atoms with E-state index < -0.39 is 0 Å². The third kappa shape index (κ3) is 6.30. The molecule has 36 heavy (non-hydrogen) atoms. The van der Waals surface area contributed by atoms with Gasteiger partial charge in [0, 0.05) is 18.8 Å². The molecule has 2 aromatic heterocycles. The van der Waals surface area contributed by atoms with Crippen LogP contribution < -0.4 is 16.4 Å². The summed E-state index contributed by atoms with van der Waals surface area (Å²) < 4.78 is 8.27. The molecule has 4 N–H and O–H groups in total. The van der Waals surface area contributed by atoms with E-state index in [1.807, 2.05) is 16.7 Å². The van der Waals surface area contributed by atoms with Gasteiger partial charge in [-0.05, 0) is 55.5 Å². The Morgan fingerprint density at radius 2 is 1.97 bits per heavy atom. The molecule has 0 bridgehead atoms. The van der Waals surface area contributed by atoms with E-state index in [4.69, 9.17) is 10.5 Å². The topological polar surface area (TPSA) is 123 Å². The molecular formula is C26H38N8O2. The van der Waals surface area contributed by atoms with Crippen LogP contribution in [0.1, 0.15) is 58.7 Å². The Bertz CT molecular complexity index is 1150. The van der Waals surface area contributed by atoms with Gasteiger partial charge < -0.3 is 26.0 Å². The summed E-state index contributed by atoms with van der Waals surface area (Å²) in [5, 5.41) is 5.86. The third-order valence-electron chi connectivity index (χ3n) is 6.64. The molecule has 2 amide bonds. The normalized spacial score (nSPS) is 18.1. The molecule has 1 saturated heterocycles. The van der Waals surface area contributed by atoms with Gasteiger partial charge in [-0.1, -0.05) is 39.8 Å². The van der Waals surface area contributed by atoms with Crippen molar-refractivity contribution in [1.29, 1.82) is 0 Å². The Kier molecular flexibility index (Phi) is 8.05. The summed E-state index contributed by atoms with van der Waals surface area (Å²) in [5.74, 6) is 0.381. The van der Waals surface area contributed by atoms with Crippen LogP contribution in [0, 0.1) is 0 Å². The molecule has 1 aliphatic rings. The van der Waals surface area contributed by atoms with Crippen LogP contribution in [-0.4, -0.2) is 62.7 Å². The first-order valence-electron chi connectivity index (χ1n) is 12.7. The number of nitrogens with two attached hydrogens (primary N) is 1. The summed E-state index contributed by atoms with van der Waals surface area (Å²) in [7, 11) is 0. The number of imidazole rings is 1. The number of urea groups is 1. The predicted molar refractivity (Wildman–Crippen MR) is 142 cm³/mol. The van der Waals surface area contributed by atoms with Crippen LogP contribution in [0.3, 0.4) is 0 Å². The molecule has 1 aromatic carbocycles. The molecule has 3 aromatic rings. The van der Waals surface area contributed by atoms with Gasteiger partial charge in [0.25, 0.3) is 0 Å². The summed E-state index contributed by atoms with van der Waals surface area (Å²) in [4.78, 5) is 27.3. The van der Waals surface area contributed by atoms with Crippen LogP contribution in [0.25, 0.3) is 11.2 Å². The molecule has 10 nitrogen and oxygen atoms in total. The number of nitrogens with zero attached hydrogens (tertiary/aromatic N) is 5. The number of nitrogens with one attached hydrogen (secondary N) is 2. The minimum Gasteiger partial charge on any atom is -0.382 e. The maximum Gasteiger partial charge on any atom is 0.319 e. The lowest BCUT2D eigenvalue weighted by Gasteiger charge is -2.24. The number of likely N-dealkylation sites (N-methyl/N-ethyl adjacent to an activating group) is 1. The van der Waals surface area contributed by atoms with Crippen LogP contribution in [-0.2, 0) is 10.2 Å². The molecular weight excluding hydrogens is 456 g/mol. The quantitative estimate of drug-likeness (QED) is 0.385. The van der Waals surface area contributed by atoms with Gasteiger partial charge >= 0.3 is 6.03 Å². The molecule has 0 radical (unpaired) electrons. The number of fused-ring (bicyclic) bond motifs is 1. The molecule has 4 rings (SSSR count). The van der Waals surface area contributed by atoms with Gasteiger partial charge in [-0.15, -0.1) is 0 Å². The van der Waals surface area contributed by atoms with E-state index in [1.54, 1.807) is 6.33 Å². The average molecular weight is 495 g/mol. The lowest BCUT2D eigenvalue weighted by atomic mass is 9.87. The number of anilines is 2. The van der Waals surface area contributed by atoms with Gasteiger partial charge in [-0.3, -0.25) is 4.57 Å². The molecule has 3 heterocycles. The molecule has 0 saturated carbocycles. The van der Waals surface area contributed by atoms with Gasteiger partial charge in [-0.2, -0.15) is 0 Å². The second kappa shape index (κ2) is 11.2. The lowest BCUT2D eigenvalue weighted by molar-refractivity contribution is -0.0111. The van der Waals surface area contributed by atoms with Crippen LogP contribution in [0.15, 0.2) is 36.9 Å². The summed E-state index contributed by atoms with van der Waals surface area (Å²) in [6.07, 6.45) is 5.96. The highest BCUT2D eigenvalue weighted by molar-refractivity contribution is 5.89. The zero-order valence-corrected chi connectivity index (χ0v) is 21.7. The monoisotopic (exact) mass is 494 g/mol. The van der Waals surface area contributed by atoms with Crippen molar-refractivity contribution in [3.05, 3.63) is 42.5 Å². The molecule has 1 aliphatic heterocycles. The standard InChI is InChI=1S/C26H38N8O2/c1-5-33(14-6-13-28-25(35)32-19-9-7-18(8-10-19)26(2,3)4)15-20-11-12-21(36-20)34-17-31-22-23(27)29-16-30-24(22)34/h7-10,16-17,20-21H,5-6,11-15H2,1-4H3,(H2,27,29,30)(H2,28,32,35). The number of hydrogen-bond donors (Lipinski definition) is 3. The second-order valence-electron chi connectivity index (χ2n) is 10.3. The van der Waals surface area contributed by atoms with E-state index in [9.17, 15) is 4.79 Å². The van der Waals surface area contributed by atoms with E-state index in [2.05, 4.69) is 70.3 Å². The van der Waals surface area contributed by atoms with Gasteiger partial charge in [-0.25, -0.2) is 19.7 Å². The number of carbonyl (C=O) groups is 1. The number of ether oxygens (including phenoxy) is 1. The number of aromatic nitrogens is 4. The van der Waals surface area contributed by atoms with Crippen LogP contribution in [0.4, 0.5) is 16.3 Å². The number of rotatable bonds is 9. The highest BCUT2D eigenvalue weighted by Gasteiger charge is 2.29. The number of benzene rings is 1. The Morgan fingerprint density at radius 1 is 1.19 bits per heavy atom. The largest absolute Gasteiger partial charge is 0.382 e. The Labute approximate surface area is 212 Å². The van der Waals surface area contributed by atoms with Crippen molar-refractivity contribution >= 4 is 28.7 Å². The molecule has 0 spiro atoms. The number of amides is 2. The molecule has 2 atom stereocenters. The van der Waals surface area contributed by atoms with Crippen molar-refractivity contribution < 1.29 is 9.53 Å². The maximum absolute atomic E-state index is 12.3. The fourth-order valence-electron chi connectivity index (χ4n) is 4.51. The molecule has 2 unspecified atom stereocenters. The van der Waals surface area contributed by atoms with Crippen molar-refractivity contribution in [3.63, 3.8) is 0 Å². The fraction of sp³-hybridized carbons (Fsp3) is 0.538. The predicted octanol–water partition coefficient (Wildman–Crippen LogP) is 3.92. The van der Waals surface area contributed by atoms with E-state index in [0.29, 0.717) is 23.5 Å². The number of hydrogen-bond acceptors (Lipinski definition) is 7. The van der Waals surface area contributed by atoms with E-state index >= 15 is 0 Å². The van der Waals surface area contributed by atoms with Gasteiger partial charge in [0.2, 0.25) is 0 Å². The van der Waals surface area contributed by atoms with E-state index in [1.165, 1.54) is 11.9 Å². The Balaban J connectivity index is 1.18. The summed E-state index contributed by atoms with van der Waals surface area (Å²) in [6, 6.07) is 7.83. The third-order valence-corrected chi connectivity index (χ3v) is 6.64. The average Bonchev–Trinajstić information content (AvgIpc) is 3.48.